The van der Waals surface area contributed by atoms with Gasteiger partial charge in [0.05, 0.1) is 0 Å². The Morgan fingerprint density at radius 3 is 1.80 bits per heavy atom. The van der Waals surface area contributed by atoms with Crippen LogP contribution in [0.1, 0.15) is 20.8 Å². The van der Waals surface area contributed by atoms with E-state index in [0.29, 0.717) is 0 Å². The molecule has 0 heterocycles. The molecule has 0 aromatic carbocycles. The van der Waals surface area contributed by atoms with Gasteiger partial charge in [-0.1, -0.05) is 0 Å². The van der Waals surface area contributed by atoms with Crippen LogP contribution in [0.4, 0.5) is 4.39 Å². The highest BCUT2D eigenvalue weighted by Gasteiger charge is 2.21. The minimum Gasteiger partial charge on any atom is -0.452 e. The summed E-state index contributed by atoms with van der Waals surface area (Å²) in [6.07, 6.45) is 0. The Balaban J connectivity index is 3.93. The zero-order valence-electron chi connectivity index (χ0n) is 6.10. The molecular formula is C6H9FO3. The first-order chi connectivity index (χ1) is 4.33. The highest BCUT2D eigenvalue weighted by molar-refractivity contribution is 6.29. The van der Waals surface area contributed by atoms with E-state index in [2.05, 4.69) is 4.74 Å². The maximum absolute atomic E-state index is 11.5. The summed E-state index contributed by atoms with van der Waals surface area (Å²) in [5.41, 5.74) is -0.807. The Labute approximate surface area is 58.2 Å². The van der Waals surface area contributed by atoms with E-state index >= 15 is 0 Å². The SMILES string of the molecule is CC(C)(C)OC(=O)C(=O)F. The third-order valence-electron chi connectivity index (χ3n) is 0.559. The topological polar surface area (TPSA) is 43.4 Å². The van der Waals surface area contributed by atoms with E-state index in [1.54, 1.807) is 20.8 Å². The summed E-state index contributed by atoms with van der Waals surface area (Å²) in [7, 11) is 0. The minimum atomic E-state index is -2.06. The lowest BCUT2D eigenvalue weighted by Crippen LogP contribution is -2.27. The number of hydrogen-bond acceptors (Lipinski definition) is 3. The summed E-state index contributed by atoms with van der Waals surface area (Å²) in [6.45, 7) is 4.65. The predicted octanol–water partition coefficient (Wildman–Crippen LogP) is 0.824. The van der Waals surface area contributed by atoms with Gasteiger partial charge in [0.1, 0.15) is 5.60 Å². The third kappa shape index (κ3) is 4.00. The molecular weight excluding hydrogens is 139 g/mol. The van der Waals surface area contributed by atoms with Crippen LogP contribution < -0.4 is 0 Å². The Morgan fingerprint density at radius 1 is 1.30 bits per heavy atom. The van der Waals surface area contributed by atoms with Crippen LogP contribution in [-0.4, -0.2) is 17.6 Å². The van der Waals surface area contributed by atoms with Crippen molar-refractivity contribution in [3.63, 3.8) is 0 Å². The number of carbonyl (C=O) groups excluding carboxylic acids is 2. The largest absolute Gasteiger partial charge is 0.452 e. The second-order valence-corrected chi connectivity index (χ2v) is 2.78. The summed E-state index contributed by atoms with van der Waals surface area (Å²) in [5, 5.41) is 0. The fourth-order valence-electron chi connectivity index (χ4n) is 0.318. The molecule has 0 aromatic rings. The fraction of sp³-hybridized carbons (Fsp3) is 0.667. The molecule has 0 rings (SSSR count). The second kappa shape index (κ2) is 2.77. The van der Waals surface area contributed by atoms with Crippen LogP contribution in [0.2, 0.25) is 0 Å². The van der Waals surface area contributed by atoms with Gasteiger partial charge >= 0.3 is 12.0 Å². The first-order valence-electron chi connectivity index (χ1n) is 2.76. The number of hydrogen-bond donors (Lipinski definition) is 0. The van der Waals surface area contributed by atoms with Gasteiger partial charge in [0, 0.05) is 0 Å². The van der Waals surface area contributed by atoms with E-state index in [9.17, 15) is 14.0 Å². The molecule has 0 aliphatic heterocycles. The van der Waals surface area contributed by atoms with Crippen LogP contribution in [0.25, 0.3) is 0 Å². The molecule has 0 radical (unpaired) electrons. The number of halogens is 1. The smallest absolute Gasteiger partial charge is 0.410 e. The van der Waals surface area contributed by atoms with Crippen LogP contribution in [0.5, 0.6) is 0 Å². The summed E-state index contributed by atoms with van der Waals surface area (Å²) < 4.78 is 15.8. The summed E-state index contributed by atoms with van der Waals surface area (Å²) >= 11 is 0. The van der Waals surface area contributed by atoms with Crippen LogP contribution in [0.15, 0.2) is 0 Å². The molecule has 0 saturated heterocycles. The molecule has 0 saturated carbocycles. The summed E-state index contributed by atoms with van der Waals surface area (Å²) in [6, 6.07) is -2.06. The first kappa shape index (κ1) is 9.07. The van der Waals surface area contributed by atoms with E-state index in [0.717, 1.165) is 0 Å². The van der Waals surface area contributed by atoms with Gasteiger partial charge in [0.2, 0.25) is 0 Å². The van der Waals surface area contributed by atoms with Crippen LogP contribution >= 0.6 is 0 Å². The Kier molecular flexibility index (Phi) is 2.51. The van der Waals surface area contributed by atoms with Crippen molar-refractivity contribution >= 4 is 12.0 Å². The van der Waals surface area contributed by atoms with Gasteiger partial charge in [-0.05, 0) is 20.8 Å². The van der Waals surface area contributed by atoms with Crippen molar-refractivity contribution in [1.29, 1.82) is 0 Å². The Hall–Kier alpha value is -0.930. The highest BCUT2D eigenvalue weighted by Crippen LogP contribution is 2.06. The number of carbonyl (C=O) groups is 2. The lowest BCUT2D eigenvalue weighted by Gasteiger charge is -2.17. The minimum absolute atomic E-state index is 0.807. The highest BCUT2D eigenvalue weighted by atomic mass is 19.1. The van der Waals surface area contributed by atoms with Crippen LogP contribution in [0.3, 0.4) is 0 Å². The van der Waals surface area contributed by atoms with Crippen molar-refractivity contribution < 1.29 is 18.7 Å². The number of esters is 1. The molecule has 0 spiro atoms. The monoisotopic (exact) mass is 148 g/mol. The van der Waals surface area contributed by atoms with Gasteiger partial charge in [-0.2, -0.15) is 4.39 Å². The first-order valence-corrected chi connectivity index (χ1v) is 2.76. The van der Waals surface area contributed by atoms with E-state index in [4.69, 9.17) is 0 Å². The molecule has 0 bridgehead atoms. The molecule has 4 heteroatoms. The molecule has 0 aliphatic carbocycles. The molecule has 3 nitrogen and oxygen atoms in total. The summed E-state index contributed by atoms with van der Waals surface area (Å²) in [4.78, 5) is 19.9. The predicted molar refractivity (Wildman–Crippen MR) is 32.0 cm³/mol. The quantitative estimate of drug-likeness (QED) is 0.314. The fourth-order valence-corrected chi connectivity index (χ4v) is 0.318. The van der Waals surface area contributed by atoms with Gasteiger partial charge in [-0.15, -0.1) is 0 Å². The van der Waals surface area contributed by atoms with Crippen molar-refractivity contribution in [1.82, 2.24) is 0 Å². The number of rotatable bonds is 1. The van der Waals surface area contributed by atoms with E-state index < -0.39 is 17.6 Å². The lowest BCUT2D eigenvalue weighted by atomic mass is 10.2. The van der Waals surface area contributed by atoms with Crippen molar-refractivity contribution in [2.24, 2.45) is 0 Å². The molecule has 0 aliphatic rings. The average molecular weight is 148 g/mol. The molecule has 0 N–H and O–H groups in total. The van der Waals surface area contributed by atoms with Gasteiger partial charge in [-0.3, -0.25) is 0 Å². The summed E-state index contributed by atoms with van der Waals surface area (Å²) in [5.74, 6) is -1.44. The molecule has 58 valence electrons. The van der Waals surface area contributed by atoms with Gasteiger partial charge in [0.15, 0.2) is 0 Å². The van der Waals surface area contributed by atoms with Gasteiger partial charge in [0.25, 0.3) is 0 Å². The van der Waals surface area contributed by atoms with Crippen molar-refractivity contribution in [2.45, 2.75) is 26.4 Å². The second-order valence-electron chi connectivity index (χ2n) is 2.78. The Morgan fingerprint density at radius 2 is 1.70 bits per heavy atom. The van der Waals surface area contributed by atoms with E-state index in [-0.39, 0.29) is 0 Å². The van der Waals surface area contributed by atoms with E-state index in [1.165, 1.54) is 0 Å². The molecule has 0 amide bonds. The number of ether oxygens (including phenoxy) is 1. The average Bonchev–Trinajstić information content (AvgIpc) is 1.60. The zero-order chi connectivity index (χ0) is 8.36. The molecule has 10 heavy (non-hydrogen) atoms. The Bertz CT molecular complexity index is 157. The van der Waals surface area contributed by atoms with Crippen molar-refractivity contribution in [3.8, 4) is 0 Å². The zero-order valence-corrected chi connectivity index (χ0v) is 6.10. The van der Waals surface area contributed by atoms with Gasteiger partial charge < -0.3 is 4.74 Å². The molecule has 0 unspecified atom stereocenters. The maximum atomic E-state index is 11.5. The maximum Gasteiger partial charge on any atom is 0.410 e. The molecule has 0 atom stereocenters. The van der Waals surface area contributed by atoms with E-state index in [1.807, 2.05) is 0 Å². The lowest BCUT2D eigenvalue weighted by molar-refractivity contribution is -0.167. The molecule has 0 aromatic heterocycles. The standard InChI is InChI=1S/C6H9FO3/c1-6(2,3)10-5(9)4(7)8/h1-3H3. The normalized spacial score (nSPS) is 10.8. The van der Waals surface area contributed by atoms with Crippen molar-refractivity contribution in [3.05, 3.63) is 0 Å². The van der Waals surface area contributed by atoms with Gasteiger partial charge in [-0.25, -0.2) is 9.59 Å². The van der Waals surface area contributed by atoms with Crippen LogP contribution in [0, 0.1) is 0 Å². The van der Waals surface area contributed by atoms with Crippen LogP contribution in [-0.2, 0) is 14.3 Å². The molecule has 0 fully saturated rings. The van der Waals surface area contributed by atoms with Crippen molar-refractivity contribution in [2.75, 3.05) is 0 Å². The third-order valence-corrected chi connectivity index (χ3v) is 0.559.